The first kappa shape index (κ1) is 14.4. The molecule has 1 aromatic carbocycles. The van der Waals surface area contributed by atoms with Crippen molar-refractivity contribution in [2.24, 2.45) is 0 Å². The second kappa shape index (κ2) is 6.35. The van der Waals surface area contributed by atoms with Gasteiger partial charge in [0.15, 0.2) is 0 Å². The van der Waals surface area contributed by atoms with E-state index in [0.29, 0.717) is 13.2 Å². The molecule has 1 atom stereocenters. The summed E-state index contributed by atoms with van der Waals surface area (Å²) in [5.74, 6) is -1.32. The largest absolute Gasteiger partial charge is 0.508 e. The summed E-state index contributed by atoms with van der Waals surface area (Å²) < 4.78 is 18.6. The lowest BCUT2D eigenvalue weighted by Gasteiger charge is -2.27. The van der Waals surface area contributed by atoms with Crippen molar-refractivity contribution >= 4 is 5.91 Å². The molecule has 1 N–H and O–H groups in total. The number of hydrogen-bond donors (Lipinski definition) is 1. The number of hydrogen-bond acceptors (Lipinski definition) is 3. The van der Waals surface area contributed by atoms with Gasteiger partial charge in [-0.3, -0.25) is 4.79 Å². The molecule has 1 rings (SSSR count). The number of amides is 1. The van der Waals surface area contributed by atoms with E-state index in [4.69, 9.17) is 9.84 Å². The van der Waals surface area contributed by atoms with Crippen LogP contribution in [0.15, 0.2) is 18.2 Å². The van der Waals surface area contributed by atoms with Crippen LogP contribution in [-0.2, 0) is 4.74 Å². The molecule has 0 saturated heterocycles. The van der Waals surface area contributed by atoms with Crippen molar-refractivity contribution in [3.05, 3.63) is 29.6 Å². The zero-order valence-corrected chi connectivity index (χ0v) is 10.8. The van der Waals surface area contributed by atoms with Gasteiger partial charge in [-0.15, -0.1) is 0 Å². The van der Waals surface area contributed by atoms with Crippen LogP contribution < -0.4 is 0 Å². The Morgan fingerprint density at radius 3 is 2.72 bits per heavy atom. The Hall–Kier alpha value is -1.62. The van der Waals surface area contributed by atoms with Crippen LogP contribution in [0.1, 0.15) is 24.2 Å². The molecule has 0 radical (unpaired) electrons. The number of carbonyl (C=O) groups is 1. The molecule has 4 nitrogen and oxygen atoms in total. The molecule has 0 spiro atoms. The van der Waals surface area contributed by atoms with Gasteiger partial charge in [-0.25, -0.2) is 4.39 Å². The van der Waals surface area contributed by atoms with Crippen LogP contribution in [0.25, 0.3) is 0 Å². The van der Waals surface area contributed by atoms with E-state index >= 15 is 0 Å². The molecular weight excluding hydrogens is 237 g/mol. The van der Waals surface area contributed by atoms with Crippen molar-refractivity contribution in [2.45, 2.75) is 19.9 Å². The summed E-state index contributed by atoms with van der Waals surface area (Å²) in [6.07, 6.45) is 0. The quantitative estimate of drug-likeness (QED) is 0.875. The summed E-state index contributed by atoms with van der Waals surface area (Å²) in [5, 5.41) is 9.12. The van der Waals surface area contributed by atoms with Crippen molar-refractivity contribution in [1.29, 1.82) is 0 Å². The first-order chi connectivity index (χ1) is 8.51. The number of phenols is 1. The van der Waals surface area contributed by atoms with E-state index in [9.17, 15) is 9.18 Å². The number of likely N-dealkylation sites (N-methyl/N-ethyl adjacent to an activating group) is 1. The third-order valence-electron chi connectivity index (χ3n) is 2.72. The maximum absolute atomic E-state index is 13.6. The summed E-state index contributed by atoms with van der Waals surface area (Å²) in [4.78, 5) is 13.7. The molecule has 0 aliphatic heterocycles. The summed E-state index contributed by atoms with van der Waals surface area (Å²) >= 11 is 0. The summed E-state index contributed by atoms with van der Waals surface area (Å²) in [5.41, 5.74) is -0.0439. The monoisotopic (exact) mass is 255 g/mol. The highest BCUT2D eigenvalue weighted by atomic mass is 19.1. The fourth-order valence-electron chi connectivity index (χ4n) is 1.82. The van der Waals surface area contributed by atoms with Crippen LogP contribution in [0.3, 0.4) is 0 Å². The zero-order valence-electron chi connectivity index (χ0n) is 10.8. The lowest BCUT2D eigenvalue weighted by atomic mass is 10.1. The second-order valence-electron chi connectivity index (χ2n) is 4.06. The number of methoxy groups -OCH3 is 1. The van der Waals surface area contributed by atoms with Gasteiger partial charge in [0.05, 0.1) is 18.2 Å². The molecule has 18 heavy (non-hydrogen) atoms. The van der Waals surface area contributed by atoms with Crippen LogP contribution in [0.5, 0.6) is 5.75 Å². The number of nitrogens with zero attached hydrogens (tertiary/aromatic N) is 1. The van der Waals surface area contributed by atoms with Crippen molar-refractivity contribution in [3.8, 4) is 5.75 Å². The molecule has 0 fully saturated rings. The van der Waals surface area contributed by atoms with Crippen LogP contribution in [-0.4, -0.2) is 42.2 Å². The molecule has 0 aliphatic carbocycles. The van der Waals surface area contributed by atoms with Crippen LogP contribution in [0, 0.1) is 5.82 Å². The number of halogens is 1. The molecule has 0 saturated carbocycles. The number of benzene rings is 1. The minimum Gasteiger partial charge on any atom is -0.508 e. The van der Waals surface area contributed by atoms with Gasteiger partial charge in [0.25, 0.3) is 5.91 Å². The Labute approximate surface area is 106 Å². The minimum atomic E-state index is -0.719. The number of carbonyl (C=O) groups excluding carboxylic acids is 1. The van der Waals surface area contributed by atoms with Gasteiger partial charge in [-0.05, 0) is 26.0 Å². The van der Waals surface area contributed by atoms with E-state index in [2.05, 4.69) is 0 Å². The fourth-order valence-corrected chi connectivity index (χ4v) is 1.82. The summed E-state index contributed by atoms with van der Waals surface area (Å²) in [7, 11) is 1.55. The maximum atomic E-state index is 13.6. The smallest absolute Gasteiger partial charge is 0.257 e. The topological polar surface area (TPSA) is 49.8 Å². The van der Waals surface area contributed by atoms with Gasteiger partial charge in [0, 0.05) is 19.7 Å². The predicted octanol–water partition coefficient (Wildman–Crippen LogP) is 2.03. The van der Waals surface area contributed by atoms with Gasteiger partial charge in [-0.1, -0.05) is 0 Å². The molecule has 0 aromatic heterocycles. The maximum Gasteiger partial charge on any atom is 0.257 e. The fraction of sp³-hybridized carbons (Fsp3) is 0.462. The highest BCUT2D eigenvalue weighted by Crippen LogP contribution is 2.17. The number of phenolic OH excluding ortho intramolecular Hbond substituents is 1. The summed E-state index contributed by atoms with van der Waals surface area (Å²) in [6, 6.07) is 3.38. The molecule has 1 aromatic rings. The van der Waals surface area contributed by atoms with Crippen molar-refractivity contribution in [2.75, 3.05) is 20.3 Å². The SMILES string of the molecule is CCN(C(=O)c1ccc(O)cc1F)C(C)COC. The van der Waals surface area contributed by atoms with E-state index in [1.54, 1.807) is 7.11 Å². The standard InChI is InChI=1S/C13H18FNO3/c1-4-15(9(2)8-18-3)13(17)11-6-5-10(16)7-12(11)14/h5-7,9,16H,4,8H2,1-3H3. The van der Waals surface area contributed by atoms with Gasteiger partial charge in [0.1, 0.15) is 11.6 Å². The first-order valence-corrected chi connectivity index (χ1v) is 5.79. The minimum absolute atomic E-state index is 0.0439. The number of ether oxygens (including phenoxy) is 1. The highest BCUT2D eigenvalue weighted by Gasteiger charge is 2.22. The Morgan fingerprint density at radius 1 is 1.56 bits per heavy atom. The Bertz CT molecular complexity index is 423. The van der Waals surface area contributed by atoms with Gasteiger partial charge in [-0.2, -0.15) is 0 Å². The first-order valence-electron chi connectivity index (χ1n) is 5.79. The van der Waals surface area contributed by atoms with E-state index in [1.165, 1.54) is 17.0 Å². The molecule has 100 valence electrons. The van der Waals surface area contributed by atoms with Crippen molar-refractivity contribution in [1.82, 2.24) is 4.90 Å². The van der Waals surface area contributed by atoms with E-state index in [-0.39, 0.29) is 17.4 Å². The lowest BCUT2D eigenvalue weighted by Crippen LogP contribution is -2.41. The lowest BCUT2D eigenvalue weighted by molar-refractivity contribution is 0.0575. The van der Waals surface area contributed by atoms with Crippen LogP contribution in [0.2, 0.25) is 0 Å². The summed E-state index contributed by atoms with van der Waals surface area (Å²) in [6.45, 7) is 4.51. The normalized spacial score (nSPS) is 12.2. The predicted molar refractivity (Wildman–Crippen MR) is 66.1 cm³/mol. The Kier molecular flexibility index (Phi) is 5.09. The van der Waals surface area contributed by atoms with E-state index < -0.39 is 11.7 Å². The molecule has 1 amide bonds. The number of aromatic hydroxyl groups is 1. The molecule has 0 bridgehead atoms. The Morgan fingerprint density at radius 2 is 2.22 bits per heavy atom. The third kappa shape index (κ3) is 3.20. The molecule has 5 heteroatoms. The van der Waals surface area contributed by atoms with Crippen LogP contribution >= 0.6 is 0 Å². The van der Waals surface area contributed by atoms with Gasteiger partial charge >= 0.3 is 0 Å². The average Bonchev–Trinajstić information content (AvgIpc) is 2.29. The van der Waals surface area contributed by atoms with Gasteiger partial charge < -0.3 is 14.7 Å². The van der Waals surface area contributed by atoms with E-state index in [0.717, 1.165) is 6.07 Å². The van der Waals surface area contributed by atoms with Crippen LogP contribution in [0.4, 0.5) is 4.39 Å². The molecule has 0 aliphatic rings. The Balaban J connectivity index is 2.96. The molecular formula is C13H18FNO3. The van der Waals surface area contributed by atoms with Crippen molar-refractivity contribution in [3.63, 3.8) is 0 Å². The van der Waals surface area contributed by atoms with Gasteiger partial charge in [0.2, 0.25) is 0 Å². The second-order valence-corrected chi connectivity index (χ2v) is 4.06. The zero-order chi connectivity index (χ0) is 13.7. The highest BCUT2D eigenvalue weighted by molar-refractivity contribution is 5.94. The van der Waals surface area contributed by atoms with E-state index in [1.807, 2.05) is 13.8 Å². The average molecular weight is 255 g/mol. The molecule has 0 heterocycles. The molecule has 1 unspecified atom stereocenters. The third-order valence-corrected chi connectivity index (χ3v) is 2.72. The van der Waals surface area contributed by atoms with Crippen molar-refractivity contribution < 1.29 is 19.0 Å². The number of rotatable bonds is 5.